The second kappa shape index (κ2) is 9.75. The SMILES string of the molecule is Cc1cc(NC(=O)C(=O)NC[C@@H](c2ccsc2)N2CCc3ccccc3C2)c2ccccc2n1. The van der Waals surface area contributed by atoms with Gasteiger partial charge < -0.3 is 10.6 Å². The minimum atomic E-state index is -0.677. The van der Waals surface area contributed by atoms with Gasteiger partial charge in [0, 0.05) is 30.7 Å². The van der Waals surface area contributed by atoms with Crippen LogP contribution in [0, 0.1) is 6.92 Å². The summed E-state index contributed by atoms with van der Waals surface area (Å²) in [5.74, 6) is -1.32. The minimum Gasteiger partial charge on any atom is -0.346 e. The van der Waals surface area contributed by atoms with E-state index in [9.17, 15) is 9.59 Å². The number of amides is 2. The molecular formula is C27H26N4O2S. The van der Waals surface area contributed by atoms with Crippen LogP contribution >= 0.6 is 11.3 Å². The second-order valence-corrected chi connectivity index (χ2v) is 9.33. The molecule has 1 atom stereocenters. The van der Waals surface area contributed by atoms with Crippen molar-refractivity contribution in [2.24, 2.45) is 0 Å². The summed E-state index contributed by atoms with van der Waals surface area (Å²) in [5, 5.41) is 10.6. The van der Waals surface area contributed by atoms with Crippen molar-refractivity contribution in [1.29, 1.82) is 0 Å². The van der Waals surface area contributed by atoms with E-state index in [4.69, 9.17) is 0 Å². The van der Waals surface area contributed by atoms with Crippen LogP contribution in [0.4, 0.5) is 5.69 Å². The van der Waals surface area contributed by atoms with E-state index in [1.54, 1.807) is 17.4 Å². The summed E-state index contributed by atoms with van der Waals surface area (Å²) >= 11 is 1.64. The van der Waals surface area contributed by atoms with E-state index in [-0.39, 0.29) is 6.04 Å². The van der Waals surface area contributed by atoms with Crippen molar-refractivity contribution < 1.29 is 9.59 Å². The molecule has 0 spiro atoms. The molecule has 2 amide bonds. The maximum Gasteiger partial charge on any atom is 0.313 e. The van der Waals surface area contributed by atoms with Crippen molar-refractivity contribution in [1.82, 2.24) is 15.2 Å². The van der Waals surface area contributed by atoms with Crippen molar-refractivity contribution in [2.45, 2.75) is 25.9 Å². The molecule has 1 aliphatic heterocycles. The quantitative estimate of drug-likeness (QED) is 0.423. The molecule has 2 aromatic heterocycles. The standard InChI is InChI=1S/C27H26N4O2S/c1-18-14-24(22-8-4-5-9-23(22)29-18)30-27(33)26(32)28-15-25(21-11-13-34-17-21)31-12-10-19-6-2-3-7-20(19)16-31/h2-9,11,13-14,17,25H,10,12,15-16H2,1H3,(H,28,32)(H,29,30,33)/t25-/m0/s1. The zero-order valence-electron chi connectivity index (χ0n) is 19.0. The number of rotatable bonds is 5. The Labute approximate surface area is 202 Å². The molecule has 0 fully saturated rings. The number of fused-ring (bicyclic) bond motifs is 2. The highest BCUT2D eigenvalue weighted by Crippen LogP contribution is 2.29. The molecule has 34 heavy (non-hydrogen) atoms. The molecule has 2 N–H and O–H groups in total. The minimum absolute atomic E-state index is 0.000330. The maximum absolute atomic E-state index is 12.8. The summed E-state index contributed by atoms with van der Waals surface area (Å²) in [6.45, 7) is 3.95. The Balaban J connectivity index is 1.29. The monoisotopic (exact) mass is 470 g/mol. The molecule has 0 radical (unpaired) electrons. The van der Waals surface area contributed by atoms with Crippen LogP contribution in [0.15, 0.2) is 71.4 Å². The van der Waals surface area contributed by atoms with Gasteiger partial charge in [-0.2, -0.15) is 11.3 Å². The molecule has 0 unspecified atom stereocenters. The van der Waals surface area contributed by atoms with Crippen LogP contribution in [0.1, 0.15) is 28.4 Å². The highest BCUT2D eigenvalue weighted by Gasteiger charge is 2.26. The lowest BCUT2D eigenvalue weighted by Gasteiger charge is -2.35. The molecular weight excluding hydrogens is 444 g/mol. The first kappa shape index (κ1) is 22.3. The first-order valence-electron chi connectivity index (χ1n) is 11.4. The fourth-order valence-corrected chi connectivity index (χ4v) is 5.27. The largest absolute Gasteiger partial charge is 0.346 e. The summed E-state index contributed by atoms with van der Waals surface area (Å²) in [6, 6.07) is 19.9. The van der Waals surface area contributed by atoms with Crippen molar-refractivity contribution in [3.05, 3.63) is 93.8 Å². The summed E-state index contributed by atoms with van der Waals surface area (Å²) in [5.41, 5.74) is 5.99. The summed E-state index contributed by atoms with van der Waals surface area (Å²) < 4.78 is 0. The Morgan fingerprint density at radius 3 is 2.68 bits per heavy atom. The Bertz CT molecular complexity index is 1340. The van der Waals surface area contributed by atoms with Crippen molar-refractivity contribution in [2.75, 3.05) is 18.4 Å². The number of carbonyl (C=O) groups excluding carboxylic acids is 2. The Kier molecular flexibility index (Phi) is 6.38. The average molecular weight is 471 g/mol. The first-order chi connectivity index (χ1) is 16.6. The molecule has 3 heterocycles. The zero-order chi connectivity index (χ0) is 23.5. The number of benzene rings is 2. The molecule has 0 bridgehead atoms. The first-order valence-corrected chi connectivity index (χ1v) is 12.3. The van der Waals surface area contributed by atoms with E-state index in [2.05, 4.69) is 56.2 Å². The van der Waals surface area contributed by atoms with Gasteiger partial charge in [0.1, 0.15) is 0 Å². The van der Waals surface area contributed by atoms with Gasteiger partial charge >= 0.3 is 11.8 Å². The fourth-order valence-electron chi connectivity index (χ4n) is 4.57. The van der Waals surface area contributed by atoms with Gasteiger partial charge in [-0.25, -0.2) is 0 Å². The molecule has 2 aromatic carbocycles. The van der Waals surface area contributed by atoms with Crippen molar-refractivity contribution in [3.8, 4) is 0 Å². The van der Waals surface area contributed by atoms with Crippen molar-refractivity contribution >= 4 is 39.7 Å². The average Bonchev–Trinajstić information content (AvgIpc) is 3.38. The third-order valence-electron chi connectivity index (χ3n) is 6.28. The van der Waals surface area contributed by atoms with Crippen molar-refractivity contribution in [3.63, 3.8) is 0 Å². The van der Waals surface area contributed by atoms with Crippen LogP contribution < -0.4 is 10.6 Å². The smallest absolute Gasteiger partial charge is 0.313 e. The van der Waals surface area contributed by atoms with E-state index >= 15 is 0 Å². The molecule has 5 rings (SSSR count). The zero-order valence-corrected chi connectivity index (χ0v) is 19.8. The lowest BCUT2D eigenvalue weighted by Crippen LogP contribution is -2.43. The second-order valence-electron chi connectivity index (χ2n) is 8.55. The molecule has 0 saturated heterocycles. The molecule has 1 aliphatic rings. The van der Waals surface area contributed by atoms with Gasteiger partial charge in [0.2, 0.25) is 0 Å². The lowest BCUT2D eigenvalue weighted by atomic mass is 9.97. The highest BCUT2D eigenvalue weighted by molar-refractivity contribution is 7.08. The lowest BCUT2D eigenvalue weighted by molar-refractivity contribution is -0.136. The van der Waals surface area contributed by atoms with Crippen LogP contribution in [0.5, 0.6) is 0 Å². The number of hydrogen-bond acceptors (Lipinski definition) is 5. The third kappa shape index (κ3) is 4.71. The van der Waals surface area contributed by atoms with Gasteiger partial charge in [0.05, 0.1) is 17.2 Å². The van der Waals surface area contributed by atoms with Gasteiger partial charge in [-0.1, -0.05) is 42.5 Å². The highest BCUT2D eigenvalue weighted by atomic mass is 32.1. The van der Waals surface area contributed by atoms with E-state index in [0.717, 1.165) is 41.7 Å². The number of pyridine rings is 1. The summed E-state index contributed by atoms with van der Waals surface area (Å²) in [7, 11) is 0. The van der Waals surface area contributed by atoms with Crippen LogP contribution in [-0.4, -0.2) is 34.8 Å². The predicted molar refractivity (Wildman–Crippen MR) is 136 cm³/mol. The summed E-state index contributed by atoms with van der Waals surface area (Å²) in [6.07, 6.45) is 0.972. The molecule has 0 saturated carbocycles. The topological polar surface area (TPSA) is 74.3 Å². The number of para-hydroxylation sites is 1. The van der Waals surface area contributed by atoms with Gasteiger partial charge in [-0.15, -0.1) is 0 Å². The number of thiophene rings is 1. The van der Waals surface area contributed by atoms with E-state index < -0.39 is 11.8 Å². The third-order valence-corrected chi connectivity index (χ3v) is 6.99. The van der Waals surface area contributed by atoms with Crippen LogP contribution in [0.2, 0.25) is 0 Å². The molecule has 172 valence electrons. The number of hydrogen-bond donors (Lipinski definition) is 2. The number of nitrogens with zero attached hydrogens (tertiary/aromatic N) is 2. The number of aromatic nitrogens is 1. The number of aryl methyl sites for hydroxylation is 1. The normalized spacial score (nSPS) is 14.4. The Morgan fingerprint density at radius 2 is 1.85 bits per heavy atom. The molecule has 7 heteroatoms. The van der Waals surface area contributed by atoms with Gasteiger partial charge in [-0.05, 0) is 59.0 Å². The van der Waals surface area contributed by atoms with Crippen LogP contribution in [-0.2, 0) is 22.6 Å². The predicted octanol–water partition coefficient (Wildman–Crippen LogP) is 4.46. The number of anilines is 1. The number of carbonyl (C=O) groups is 2. The van der Waals surface area contributed by atoms with Crippen LogP contribution in [0.3, 0.4) is 0 Å². The van der Waals surface area contributed by atoms with Crippen LogP contribution in [0.25, 0.3) is 10.9 Å². The Morgan fingerprint density at radius 1 is 1.06 bits per heavy atom. The Hall–Kier alpha value is -3.55. The number of nitrogens with one attached hydrogen (secondary N) is 2. The molecule has 0 aliphatic carbocycles. The maximum atomic E-state index is 12.8. The van der Waals surface area contributed by atoms with E-state index in [1.807, 2.05) is 36.6 Å². The van der Waals surface area contributed by atoms with Gasteiger partial charge in [0.25, 0.3) is 0 Å². The van der Waals surface area contributed by atoms with Gasteiger partial charge in [0.15, 0.2) is 0 Å². The van der Waals surface area contributed by atoms with E-state index in [1.165, 1.54) is 11.1 Å². The van der Waals surface area contributed by atoms with E-state index in [0.29, 0.717) is 12.2 Å². The molecule has 4 aromatic rings. The fraction of sp³-hybridized carbons (Fsp3) is 0.222. The summed E-state index contributed by atoms with van der Waals surface area (Å²) in [4.78, 5) is 32.4. The molecule has 6 nitrogen and oxygen atoms in total. The van der Waals surface area contributed by atoms with Gasteiger partial charge in [-0.3, -0.25) is 19.5 Å².